The maximum Gasteiger partial charge on any atom is 0.197 e. The van der Waals surface area contributed by atoms with Gasteiger partial charge in [0, 0.05) is 42.3 Å². The highest BCUT2D eigenvalue weighted by atomic mass is 35.5. The Bertz CT molecular complexity index is 1070. The summed E-state index contributed by atoms with van der Waals surface area (Å²) >= 11 is 6.11. The van der Waals surface area contributed by atoms with Crippen molar-refractivity contribution in [3.63, 3.8) is 0 Å². The first kappa shape index (κ1) is 18.9. The average Bonchev–Trinajstić information content (AvgIpc) is 3.18. The summed E-state index contributed by atoms with van der Waals surface area (Å²) < 4.78 is 5.76. The van der Waals surface area contributed by atoms with E-state index in [1.54, 1.807) is 24.5 Å². The third kappa shape index (κ3) is 3.85. The molecule has 2 aromatic carbocycles. The zero-order valence-corrected chi connectivity index (χ0v) is 17.1. The van der Waals surface area contributed by atoms with Crippen LogP contribution in [-0.2, 0) is 13.0 Å². The summed E-state index contributed by atoms with van der Waals surface area (Å²) in [4.78, 5) is 18.2. The molecule has 2 aliphatic heterocycles. The molecule has 5 rings (SSSR count). The van der Waals surface area contributed by atoms with Gasteiger partial charge in [0.25, 0.3) is 0 Å². The van der Waals surface area contributed by atoms with Gasteiger partial charge in [0.1, 0.15) is 5.58 Å². The van der Waals surface area contributed by atoms with Crippen LogP contribution in [0.1, 0.15) is 24.0 Å². The van der Waals surface area contributed by atoms with Gasteiger partial charge in [-0.2, -0.15) is 0 Å². The Kier molecular flexibility index (Phi) is 5.17. The lowest BCUT2D eigenvalue weighted by atomic mass is 9.99. The minimum absolute atomic E-state index is 0.0288. The van der Waals surface area contributed by atoms with Crippen molar-refractivity contribution in [1.82, 2.24) is 9.80 Å². The molecule has 5 heteroatoms. The van der Waals surface area contributed by atoms with Crippen LogP contribution in [0.15, 0.2) is 64.0 Å². The van der Waals surface area contributed by atoms with Gasteiger partial charge in [-0.25, -0.2) is 0 Å². The first-order chi connectivity index (χ1) is 14.2. The minimum atomic E-state index is 0.0288. The number of hydrogen-bond acceptors (Lipinski definition) is 4. The van der Waals surface area contributed by atoms with Crippen LogP contribution in [0.3, 0.4) is 0 Å². The number of nitrogens with zero attached hydrogens (tertiary/aromatic N) is 2. The van der Waals surface area contributed by atoms with Gasteiger partial charge in [-0.3, -0.25) is 14.6 Å². The number of fused-ring (bicyclic) bond motifs is 2. The van der Waals surface area contributed by atoms with Crippen molar-refractivity contribution in [3.05, 3.63) is 81.2 Å². The normalized spacial score (nSPS) is 22.8. The molecule has 1 aromatic heterocycles. The highest BCUT2D eigenvalue weighted by molar-refractivity contribution is 6.31. The van der Waals surface area contributed by atoms with Gasteiger partial charge in [-0.05, 0) is 49.6 Å². The van der Waals surface area contributed by atoms with E-state index in [4.69, 9.17) is 16.0 Å². The summed E-state index contributed by atoms with van der Waals surface area (Å²) in [5.41, 5.74) is 2.67. The van der Waals surface area contributed by atoms with Gasteiger partial charge in [-0.1, -0.05) is 41.9 Å². The molecule has 150 valence electrons. The number of benzene rings is 2. The van der Waals surface area contributed by atoms with E-state index in [2.05, 4.69) is 40.1 Å². The minimum Gasteiger partial charge on any atom is -0.464 e. The van der Waals surface area contributed by atoms with Crippen LogP contribution in [0.4, 0.5) is 0 Å². The van der Waals surface area contributed by atoms with Gasteiger partial charge >= 0.3 is 0 Å². The SMILES string of the molecule is O=c1c(CN2C[C@@H]3CCCN3C[C@H]2Cc2ccccc2)coc2ccc(Cl)cc12. The quantitative estimate of drug-likeness (QED) is 0.643. The van der Waals surface area contributed by atoms with E-state index < -0.39 is 0 Å². The van der Waals surface area contributed by atoms with E-state index in [1.807, 2.05) is 0 Å². The summed E-state index contributed by atoms with van der Waals surface area (Å²) in [5, 5.41) is 1.12. The Morgan fingerprint density at radius 3 is 2.83 bits per heavy atom. The monoisotopic (exact) mass is 408 g/mol. The largest absolute Gasteiger partial charge is 0.464 e. The highest BCUT2D eigenvalue weighted by Crippen LogP contribution is 2.27. The Morgan fingerprint density at radius 2 is 1.97 bits per heavy atom. The molecule has 0 radical (unpaired) electrons. The zero-order chi connectivity index (χ0) is 19.8. The molecule has 3 heterocycles. The number of rotatable bonds is 4. The molecule has 0 bridgehead atoms. The van der Waals surface area contributed by atoms with E-state index in [1.165, 1.54) is 24.9 Å². The van der Waals surface area contributed by atoms with Gasteiger partial charge in [0.05, 0.1) is 11.6 Å². The fraction of sp³-hybridized carbons (Fsp3) is 0.375. The van der Waals surface area contributed by atoms with Crippen molar-refractivity contribution >= 4 is 22.6 Å². The molecule has 0 spiro atoms. The summed E-state index contributed by atoms with van der Waals surface area (Å²) in [6.07, 6.45) is 5.15. The van der Waals surface area contributed by atoms with E-state index in [-0.39, 0.29) is 5.43 Å². The van der Waals surface area contributed by atoms with Crippen LogP contribution in [-0.4, -0.2) is 41.5 Å². The number of piperazine rings is 1. The first-order valence-corrected chi connectivity index (χ1v) is 10.8. The molecule has 0 aliphatic carbocycles. The smallest absolute Gasteiger partial charge is 0.197 e. The average molecular weight is 409 g/mol. The lowest BCUT2D eigenvalue weighted by Crippen LogP contribution is -2.56. The van der Waals surface area contributed by atoms with Gasteiger partial charge < -0.3 is 4.42 Å². The molecule has 0 unspecified atom stereocenters. The van der Waals surface area contributed by atoms with Crippen molar-refractivity contribution in [2.45, 2.75) is 37.9 Å². The highest BCUT2D eigenvalue weighted by Gasteiger charge is 2.36. The fourth-order valence-electron chi connectivity index (χ4n) is 4.89. The van der Waals surface area contributed by atoms with Crippen LogP contribution < -0.4 is 5.43 Å². The Labute approximate surface area is 175 Å². The second-order valence-electron chi connectivity index (χ2n) is 8.29. The van der Waals surface area contributed by atoms with Crippen molar-refractivity contribution in [1.29, 1.82) is 0 Å². The molecule has 2 saturated heterocycles. The van der Waals surface area contributed by atoms with Crippen molar-refractivity contribution in [3.8, 4) is 0 Å². The van der Waals surface area contributed by atoms with Crippen LogP contribution in [0, 0.1) is 0 Å². The van der Waals surface area contributed by atoms with Gasteiger partial charge in [0.15, 0.2) is 5.43 Å². The van der Waals surface area contributed by atoms with Crippen molar-refractivity contribution in [2.24, 2.45) is 0 Å². The maximum absolute atomic E-state index is 13.1. The molecule has 0 amide bonds. The molecule has 2 aliphatic rings. The maximum atomic E-state index is 13.1. The van der Waals surface area contributed by atoms with Crippen LogP contribution in [0.2, 0.25) is 5.02 Å². The lowest BCUT2D eigenvalue weighted by molar-refractivity contribution is 0.0451. The van der Waals surface area contributed by atoms with Crippen LogP contribution >= 0.6 is 11.6 Å². The molecule has 2 atom stereocenters. The predicted molar refractivity (Wildman–Crippen MR) is 116 cm³/mol. The fourth-order valence-corrected chi connectivity index (χ4v) is 5.07. The summed E-state index contributed by atoms with van der Waals surface area (Å²) in [6, 6.07) is 16.9. The third-order valence-corrected chi connectivity index (χ3v) is 6.63. The molecule has 3 aromatic rings. The molecule has 2 fully saturated rings. The molecule has 0 N–H and O–H groups in total. The van der Waals surface area contributed by atoms with Gasteiger partial charge in [-0.15, -0.1) is 0 Å². The molecule has 0 saturated carbocycles. The van der Waals surface area contributed by atoms with Crippen molar-refractivity contribution < 1.29 is 4.42 Å². The van der Waals surface area contributed by atoms with Crippen molar-refractivity contribution in [2.75, 3.05) is 19.6 Å². The van der Waals surface area contributed by atoms with E-state index in [9.17, 15) is 4.79 Å². The second-order valence-corrected chi connectivity index (χ2v) is 8.73. The van der Waals surface area contributed by atoms with E-state index in [0.29, 0.717) is 40.2 Å². The molecule has 29 heavy (non-hydrogen) atoms. The summed E-state index contributed by atoms with van der Waals surface area (Å²) in [7, 11) is 0. The Hall–Kier alpha value is -2.14. The molecular formula is C24H25ClN2O2. The Morgan fingerprint density at radius 1 is 1.10 bits per heavy atom. The van der Waals surface area contributed by atoms with Gasteiger partial charge in [0.2, 0.25) is 0 Å². The number of halogens is 1. The molecule has 4 nitrogen and oxygen atoms in total. The first-order valence-electron chi connectivity index (χ1n) is 10.4. The number of hydrogen-bond donors (Lipinski definition) is 0. The lowest BCUT2D eigenvalue weighted by Gasteiger charge is -2.43. The zero-order valence-electron chi connectivity index (χ0n) is 16.4. The summed E-state index contributed by atoms with van der Waals surface area (Å²) in [6.45, 7) is 3.88. The van der Waals surface area contributed by atoms with Crippen LogP contribution in [0.25, 0.3) is 11.0 Å². The topological polar surface area (TPSA) is 36.7 Å². The predicted octanol–water partition coefficient (Wildman–Crippen LogP) is 4.34. The van der Waals surface area contributed by atoms with E-state index >= 15 is 0 Å². The molecular weight excluding hydrogens is 384 g/mol. The standard InChI is InChI=1S/C24H25ClN2O2/c25-19-8-9-23-22(12-19)24(28)18(16-29-23)13-27-14-20-7-4-10-26(20)15-21(27)11-17-5-2-1-3-6-17/h1-3,5-6,8-9,12,16,20-21H,4,7,10-11,13-15H2/t20-,21+/m0/s1. The van der Waals surface area contributed by atoms with E-state index in [0.717, 1.165) is 19.5 Å². The summed E-state index contributed by atoms with van der Waals surface area (Å²) in [5.74, 6) is 0. The second kappa shape index (κ2) is 7.94. The van der Waals surface area contributed by atoms with Crippen LogP contribution in [0.5, 0.6) is 0 Å². The third-order valence-electron chi connectivity index (χ3n) is 6.40. The Balaban J connectivity index is 1.44.